The Balaban J connectivity index is 1.96. The van der Waals surface area contributed by atoms with Gasteiger partial charge in [0.2, 0.25) is 0 Å². The molecule has 2 unspecified atom stereocenters. The maximum atomic E-state index is 6.09. The van der Waals surface area contributed by atoms with Gasteiger partial charge in [0.05, 0.1) is 0 Å². The van der Waals surface area contributed by atoms with Crippen LogP contribution in [0.2, 0.25) is 0 Å². The van der Waals surface area contributed by atoms with E-state index in [-0.39, 0.29) is 0 Å². The maximum Gasteiger partial charge on any atom is 0.0270 e. The fraction of sp³-hybridized carbons (Fsp3) is 0.545. The lowest BCUT2D eigenvalue weighted by Gasteiger charge is -2.28. The number of pyridine rings is 1. The summed E-state index contributed by atoms with van der Waals surface area (Å²) >= 11 is 1.98. The van der Waals surface area contributed by atoms with Gasteiger partial charge >= 0.3 is 0 Å². The Kier molecular flexibility index (Phi) is 3.43. The summed E-state index contributed by atoms with van der Waals surface area (Å²) in [6, 6.07) is 4.56. The fourth-order valence-corrected chi connectivity index (χ4v) is 3.06. The fourth-order valence-electron chi connectivity index (χ4n) is 1.88. The van der Waals surface area contributed by atoms with Crippen LogP contribution in [0.5, 0.6) is 0 Å². The first-order valence-corrected chi connectivity index (χ1v) is 6.24. The summed E-state index contributed by atoms with van der Waals surface area (Å²) in [4.78, 5) is 4.02. The van der Waals surface area contributed by atoms with Crippen LogP contribution in [0, 0.1) is 5.92 Å². The lowest BCUT2D eigenvalue weighted by molar-refractivity contribution is 0.425. The highest BCUT2D eigenvalue weighted by atomic mass is 32.2. The van der Waals surface area contributed by atoms with E-state index in [2.05, 4.69) is 17.1 Å². The number of nitrogens with two attached hydrogens (primary N) is 1. The van der Waals surface area contributed by atoms with Gasteiger partial charge in [0.1, 0.15) is 0 Å². The van der Waals surface area contributed by atoms with Crippen LogP contribution in [0.1, 0.15) is 12.0 Å². The zero-order chi connectivity index (χ0) is 9.80. The Bertz CT molecular complexity index is 276. The lowest BCUT2D eigenvalue weighted by atomic mass is 9.91. The molecule has 2 nitrogen and oxygen atoms in total. The summed E-state index contributed by atoms with van der Waals surface area (Å²) < 4.78 is 0. The Labute approximate surface area is 89.3 Å². The van der Waals surface area contributed by atoms with E-state index in [1.165, 1.54) is 17.7 Å². The molecule has 0 spiro atoms. The highest BCUT2D eigenvalue weighted by Crippen LogP contribution is 2.24. The van der Waals surface area contributed by atoms with Crippen LogP contribution in [-0.4, -0.2) is 22.5 Å². The number of thioether (sulfide) groups is 1. The van der Waals surface area contributed by atoms with Crippen molar-refractivity contribution in [3.8, 4) is 0 Å². The minimum Gasteiger partial charge on any atom is -0.327 e. The van der Waals surface area contributed by atoms with Gasteiger partial charge in [-0.1, -0.05) is 0 Å². The van der Waals surface area contributed by atoms with E-state index in [1.807, 2.05) is 24.2 Å². The molecule has 1 aromatic rings. The molecule has 3 heteroatoms. The molecular weight excluding hydrogens is 192 g/mol. The lowest BCUT2D eigenvalue weighted by Crippen LogP contribution is -2.37. The van der Waals surface area contributed by atoms with Gasteiger partial charge in [-0.3, -0.25) is 4.98 Å². The number of aromatic nitrogens is 1. The van der Waals surface area contributed by atoms with Crippen molar-refractivity contribution in [2.24, 2.45) is 11.7 Å². The number of rotatable bonds is 2. The van der Waals surface area contributed by atoms with Gasteiger partial charge < -0.3 is 5.73 Å². The third-order valence-electron chi connectivity index (χ3n) is 2.80. The van der Waals surface area contributed by atoms with E-state index in [1.54, 1.807) is 0 Å². The van der Waals surface area contributed by atoms with Crippen LogP contribution in [0.25, 0.3) is 0 Å². The molecule has 0 amide bonds. The van der Waals surface area contributed by atoms with Crippen LogP contribution < -0.4 is 5.73 Å². The molecule has 2 heterocycles. The Morgan fingerprint density at radius 1 is 1.43 bits per heavy atom. The Morgan fingerprint density at radius 3 is 2.93 bits per heavy atom. The zero-order valence-corrected chi connectivity index (χ0v) is 9.04. The molecule has 0 aliphatic carbocycles. The van der Waals surface area contributed by atoms with Crippen LogP contribution in [0.15, 0.2) is 24.5 Å². The second kappa shape index (κ2) is 4.80. The van der Waals surface area contributed by atoms with Crippen molar-refractivity contribution >= 4 is 11.8 Å². The van der Waals surface area contributed by atoms with Crippen molar-refractivity contribution in [2.45, 2.75) is 18.9 Å². The normalized spacial score (nSPS) is 27.5. The summed E-state index contributed by atoms with van der Waals surface area (Å²) in [7, 11) is 0. The molecule has 2 atom stereocenters. The quantitative estimate of drug-likeness (QED) is 0.804. The van der Waals surface area contributed by atoms with Crippen molar-refractivity contribution < 1.29 is 0 Å². The molecule has 1 aliphatic heterocycles. The summed E-state index contributed by atoms with van der Waals surface area (Å²) in [6.45, 7) is 0. The van der Waals surface area contributed by atoms with E-state index < -0.39 is 0 Å². The minimum atomic E-state index is 0.377. The van der Waals surface area contributed by atoms with Gasteiger partial charge in [-0.25, -0.2) is 0 Å². The van der Waals surface area contributed by atoms with Gasteiger partial charge in [0.15, 0.2) is 0 Å². The standard InChI is InChI=1S/C11H16N2S/c12-11-8-14-6-3-10(11)7-9-1-4-13-5-2-9/h1-2,4-5,10-11H,3,6-8,12H2. The van der Waals surface area contributed by atoms with Crippen molar-refractivity contribution in [3.05, 3.63) is 30.1 Å². The van der Waals surface area contributed by atoms with Gasteiger partial charge in [-0.05, 0) is 42.2 Å². The average molecular weight is 208 g/mol. The van der Waals surface area contributed by atoms with Crippen molar-refractivity contribution in [2.75, 3.05) is 11.5 Å². The molecule has 2 N–H and O–H groups in total. The largest absolute Gasteiger partial charge is 0.327 e. The molecule has 0 saturated carbocycles. The SMILES string of the molecule is NC1CSCCC1Cc1ccncc1. The van der Waals surface area contributed by atoms with E-state index in [0.29, 0.717) is 12.0 Å². The van der Waals surface area contributed by atoms with Crippen molar-refractivity contribution in [1.82, 2.24) is 4.98 Å². The molecule has 1 saturated heterocycles. The monoisotopic (exact) mass is 208 g/mol. The third kappa shape index (κ3) is 2.49. The molecule has 0 radical (unpaired) electrons. The Morgan fingerprint density at radius 2 is 2.21 bits per heavy atom. The molecule has 2 rings (SSSR count). The first-order chi connectivity index (χ1) is 6.86. The van der Waals surface area contributed by atoms with Crippen molar-refractivity contribution in [3.63, 3.8) is 0 Å². The van der Waals surface area contributed by atoms with Gasteiger partial charge in [-0.15, -0.1) is 0 Å². The summed E-state index contributed by atoms with van der Waals surface area (Å²) in [5.74, 6) is 3.05. The predicted molar refractivity (Wildman–Crippen MR) is 61.3 cm³/mol. The maximum absolute atomic E-state index is 6.09. The van der Waals surface area contributed by atoms with E-state index in [0.717, 1.165) is 12.2 Å². The van der Waals surface area contributed by atoms with Crippen molar-refractivity contribution in [1.29, 1.82) is 0 Å². The number of hydrogen-bond donors (Lipinski definition) is 1. The zero-order valence-electron chi connectivity index (χ0n) is 8.23. The minimum absolute atomic E-state index is 0.377. The topological polar surface area (TPSA) is 38.9 Å². The number of hydrogen-bond acceptors (Lipinski definition) is 3. The molecule has 76 valence electrons. The van der Waals surface area contributed by atoms with Gasteiger partial charge in [-0.2, -0.15) is 11.8 Å². The highest BCUT2D eigenvalue weighted by molar-refractivity contribution is 7.99. The van der Waals surface area contributed by atoms with Crippen LogP contribution >= 0.6 is 11.8 Å². The second-order valence-electron chi connectivity index (χ2n) is 3.85. The smallest absolute Gasteiger partial charge is 0.0270 e. The van der Waals surface area contributed by atoms with Gasteiger partial charge in [0, 0.05) is 24.2 Å². The van der Waals surface area contributed by atoms with E-state index >= 15 is 0 Å². The van der Waals surface area contributed by atoms with Crippen LogP contribution in [0.3, 0.4) is 0 Å². The summed E-state index contributed by atoms with van der Waals surface area (Å²) in [5, 5.41) is 0. The van der Waals surface area contributed by atoms with Crippen LogP contribution in [-0.2, 0) is 6.42 Å². The first-order valence-electron chi connectivity index (χ1n) is 5.08. The highest BCUT2D eigenvalue weighted by Gasteiger charge is 2.21. The molecular formula is C11H16N2S. The number of nitrogens with zero attached hydrogens (tertiary/aromatic N) is 1. The Hall–Kier alpha value is -0.540. The molecule has 0 aromatic carbocycles. The molecule has 1 fully saturated rings. The summed E-state index contributed by atoms with van der Waals surface area (Å²) in [6.07, 6.45) is 6.09. The summed E-state index contributed by atoms with van der Waals surface area (Å²) in [5.41, 5.74) is 7.46. The van der Waals surface area contributed by atoms with Gasteiger partial charge in [0.25, 0.3) is 0 Å². The second-order valence-corrected chi connectivity index (χ2v) is 5.00. The molecule has 0 bridgehead atoms. The molecule has 14 heavy (non-hydrogen) atoms. The van der Waals surface area contributed by atoms with E-state index in [9.17, 15) is 0 Å². The molecule has 1 aromatic heterocycles. The third-order valence-corrected chi connectivity index (χ3v) is 3.94. The average Bonchev–Trinajstić information content (AvgIpc) is 2.23. The first kappa shape index (κ1) is 9.99. The van der Waals surface area contributed by atoms with Crippen LogP contribution in [0.4, 0.5) is 0 Å². The molecule has 1 aliphatic rings. The predicted octanol–water partition coefficient (Wildman–Crippen LogP) is 1.70. The van der Waals surface area contributed by atoms with E-state index in [4.69, 9.17) is 5.73 Å².